The summed E-state index contributed by atoms with van der Waals surface area (Å²) in [6.45, 7) is 0. The average molecular weight is 337 g/mol. The fraction of sp³-hybridized carbons (Fsp3) is 0.0833. The molecule has 20 heavy (non-hydrogen) atoms. The number of esters is 1. The van der Waals surface area contributed by atoms with E-state index in [4.69, 9.17) is 10.2 Å². The van der Waals surface area contributed by atoms with Crippen molar-refractivity contribution < 1.29 is 13.9 Å². The maximum Gasteiger partial charge on any atom is 0.339 e. The number of hydrogen-bond acceptors (Lipinski definition) is 6. The molecule has 0 radical (unpaired) electrons. The zero-order valence-electron chi connectivity index (χ0n) is 10.3. The highest BCUT2D eigenvalue weighted by atomic mass is 79.9. The molecule has 2 N–H and O–H groups in total. The van der Waals surface area contributed by atoms with Gasteiger partial charge in [0.05, 0.1) is 18.4 Å². The molecule has 0 saturated carbocycles. The number of ether oxygens (including phenoxy) is 1. The number of fused-ring (bicyclic) bond motifs is 1. The summed E-state index contributed by atoms with van der Waals surface area (Å²) in [6, 6.07) is 4.97. The Kier molecular flexibility index (Phi) is 2.94. The number of furan rings is 1. The lowest BCUT2D eigenvalue weighted by molar-refractivity contribution is 0.0600. The number of nitrogen functional groups attached to an aromatic ring is 1. The van der Waals surface area contributed by atoms with E-state index in [1.54, 1.807) is 12.1 Å². The van der Waals surface area contributed by atoms with Crippen LogP contribution in [0.3, 0.4) is 0 Å². The van der Waals surface area contributed by atoms with E-state index in [2.05, 4.69) is 30.7 Å². The molecule has 0 bridgehead atoms. The molecular formula is C12H9BrN4O3. The van der Waals surface area contributed by atoms with Crippen molar-refractivity contribution in [3.63, 3.8) is 0 Å². The molecule has 0 aliphatic carbocycles. The summed E-state index contributed by atoms with van der Waals surface area (Å²) in [7, 11) is 1.30. The van der Waals surface area contributed by atoms with Crippen LogP contribution >= 0.6 is 15.9 Å². The molecule has 0 aromatic carbocycles. The molecule has 3 aromatic heterocycles. The van der Waals surface area contributed by atoms with Gasteiger partial charge in [-0.05, 0) is 34.1 Å². The highest BCUT2D eigenvalue weighted by Gasteiger charge is 2.15. The largest absolute Gasteiger partial charge is 0.465 e. The molecule has 7 nitrogen and oxygen atoms in total. The van der Waals surface area contributed by atoms with Crippen LogP contribution in [0.5, 0.6) is 0 Å². The van der Waals surface area contributed by atoms with Crippen molar-refractivity contribution in [3.8, 4) is 11.6 Å². The van der Waals surface area contributed by atoms with Crippen molar-refractivity contribution in [2.24, 2.45) is 0 Å². The molecule has 102 valence electrons. The maximum absolute atomic E-state index is 11.5. The van der Waals surface area contributed by atoms with E-state index in [0.717, 1.165) is 0 Å². The van der Waals surface area contributed by atoms with Crippen molar-refractivity contribution in [3.05, 3.63) is 34.6 Å². The van der Waals surface area contributed by atoms with E-state index in [9.17, 15) is 4.79 Å². The normalized spacial score (nSPS) is 10.9. The quantitative estimate of drug-likeness (QED) is 0.720. The van der Waals surface area contributed by atoms with Gasteiger partial charge in [0.15, 0.2) is 16.1 Å². The van der Waals surface area contributed by atoms with Crippen LogP contribution in [0, 0.1) is 0 Å². The van der Waals surface area contributed by atoms with Crippen LogP contribution in [0.2, 0.25) is 0 Å². The van der Waals surface area contributed by atoms with Crippen molar-refractivity contribution in [1.82, 2.24) is 14.6 Å². The third-order valence-corrected chi connectivity index (χ3v) is 3.10. The fourth-order valence-electron chi connectivity index (χ4n) is 1.78. The van der Waals surface area contributed by atoms with Gasteiger partial charge in [-0.1, -0.05) is 0 Å². The molecule has 0 spiro atoms. The number of carbonyl (C=O) groups excluding carboxylic acids is 1. The Bertz CT molecular complexity index is 808. The van der Waals surface area contributed by atoms with Gasteiger partial charge >= 0.3 is 5.97 Å². The minimum absolute atomic E-state index is 0.301. The predicted octanol–water partition coefficient (Wildman–Crippen LogP) is 2.12. The van der Waals surface area contributed by atoms with Gasteiger partial charge in [-0.3, -0.25) is 0 Å². The van der Waals surface area contributed by atoms with Gasteiger partial charge in [0.25, 0.3) is 0 Å². The van der Waals surface area contributed by atoms with E-state index < -0.39 is 5.97 Å². The van der Waals surface area contributed by atoms with Crippen LogP contribution in [0.15, 0.2) is 33.5 Å². The number of pyridine rings is 1. The first-order valence-corrected chi connectivity index (χ1v) is 6.37. The average Bonchev–Trinajstić information content (AvgIpc) is 3.03. The van der Waals surface area contributed by atoms with E-state index in [0.29, 0.717) is 33.2 Å². The lowest BCUT2D eigenvalue weighted by Crippen LogP contribution is -2.05. The number of carbonyl (C=O) groups is 1. The smallest absolute Gasteiger partial charge is 0.339 e. The number of rotatable bonds is 2. The summed E-state index contributed by atoms with van der Waals surface area (Å²) in [4.78, 5) is 15.8. The van der Waals surface area contributed by atoms with Crippen molar-refractivity contribution in [2.45, 2.75) is 0 Å². The SMILES string of the molecule is COC(=O)c1cc(N)c2nc(-c3ccc(Br)o3)nn2c1. The van der Waals surface area contributed by atoms with E-state index in [1.807, 2.05) is 0 Å². The number of hydrogen-bond donors (Lipinski definition) is 1. The number of methoxy groups -OCH3 is 1. The number of anilines is 1. The summed E-state index contributed by atoms with van der Waals surface area (Å²) >= 11 is 3.21. The standard InChI is InChI=1S/C12H9BrN4O3/c1-19-12(18)6-4-7(14)11-15-10(16-17(11)5-6)8-2-3-9(13)20-8/h2-5H,14H2,1H3. The van der Waals surface area contributed by atoms with E-state index in [1.165, 1.54) is 23.9 Å². The molecule has 0 unspecified atom stereocenters. The maximum atomic E-state index is 11.5. The van der Waals surface area contributed by atoms with Gasteiger partial charge in [0.2, 0.25) is 5.82 Å². The summed E-state index contributed by atoms with van der Waals surface area (Å²) < 4.78 is 12.0. The fourth-order valence-corrected chi connectivity index (χ4v) is 2.09. The zero-order valence-corrected chi connectivity index (χ0v) is 11.9. The van der Waals surface area contributed by atoms with E-state index in [-0.39, 0.29) is 0 Å². The van der Waals surface area contributed by atoms with E-state index >= 15 is 0 Å². The zero-order chi connectivity index (χ0) is 14.3. The lowest BCUT2D eigenvalue weighted by Gasteiger charge is -2.01. The minimum atomic E-state index is -0.489. The van der Waals surface area contributed by atoms with Crippen molar-refractivity contribution in [2.75, 3.05) is 12.8 Å². The Morgan fingerprint density at radius 2 is 2.30 bits per heavy atom. The van der Waals surface area contributed by atoms with Gasteiger partial charge in [0, 0.05) is 6.20 Å². The molecule has 3 aromatic rings. The first-order valence-electron chi connectivity index (χ1n) is 5.58. The molecule has 3 rings (SSSR count). The highest BCUT2D eigenvalue weighted by Crippen LogP contribution is 2.24. The topological polar surface area (TPSA) is 95.7 Å². The minimum Gasteiger partial charge on any atom is -0.465 e. The van der Waals surface area contributed by atoms with Gasteiger partial charge < -0.3 is 14.9 Å². The van der Waals surface area contributed by atoms with Gasteiger partial charge in [-0.25, -0.2) is 14.3 Å². The third kappa shape index (κ3) is 2.03. The number of nitrogens with zero attached hydrogens (tertiary/aromatic N) is 3. The van der Waals surface area contributed by atoms with Crippen LogP contribution in [0.4, 0.5) is 5.69 Å². The van der Waals surface area contributed by atoms with Crippen LogP contribution in [-0.4, -0.2) is 27.7 Å². The Labute approximate surface area is 121 Å². The highest BCUT2D eigenvalue weighted by molar-refractivity contribution is 9.10. The first-order chi connectivity index (χ1) is 9.58. The number of aromatic nitrogens is 3. The van der Waals surface area contributed by atoms with Gasteiger partial charge in [-0.15, -0.1) is 5.10 Å². The second-order valence-corrected chi connectivity index (χ2v) is 4.76. The Balaban J connectivity index is 2.15. The molecule has 3 heterocycles. The molecule has 8 heteroatoms. The summed E-state index contributed by atoms with van der Waals surface area (Å²) in [5.74, 6) is 0.389. The van der Waals surface area contributed by atoms with Crippen molar-refractivity contribution in [1.29, 1.82) is 0 Å². The van der Waals surface area contributed by atoms with Gasteiger partial charge in [0.1, 0.15) is 0 Å². The molecule has 0 saturated heterocycles. The Morgan fingerprint density at radius 1 is 1.50 bits per heavy atom. The monoisotopic (exact) mass is 336 g/mol. The first kappa shape index (κ1) is 12.7. The summed E-state index contributed by atoms with van der Waals surface area (Å²) in [5.41, 5.74) is 6.95. The lowest BCUT2D eigenvalue weighted by atomic mass is 10.2. The van der Waals surface area contributed by atoms with Crippen LogP contribution in [0.25, 0.3) is 17.2 Å². The Morgan fingerprint density at radius 3 is 2.95 bits per heavy atom. The summed E-state index contributed by atoms with van der Waals surface area (Å²) in [6.07, 6.45) is 1.51. The molecule has 0 fully saturated rings. The molecule has 0 atom stereocenters. The molecule has 0 amide bonds. The van der Waals surface area contributed by atoms with Crippen LogP contribution in [-0.2, 0) is 4.74 Å². The van der Waals surface area contributed by atoms with Gasteiger partial charge in [-0.2, -0.15) is 0 Å². The Hall–Kier alpha value is -2.35. The second kappa shape index (κ2) is 4.64. The molecule has 0 aliphatic heterocycles. The summed E-state index contributed by atoms with van der Waals surface area (Å²) in [5, 5.41) is 4.24. The number of nitrogens with two attached hydrogens (primary N) is 1. The predicted molar refractivity (Wildman–Crippen MR) is 74.1 cm³/mol. The van der Waals surface area contributed by atoms with Crippen LogP contribution < -0.4 is 5.73 Å². The molecule has 0 aliphatic rings. The number of halogens is 1. The molecular weight excluding hydrogens is 328 g/mol. The second-order valence-electron chi connectivity index (χ2n) is 3.98. The van der Waals surface area contributed by atoms with Crippen LogP contribution in [0.1, 0.15) is 10.4 Å². The van der Waals surface area contributed by atoms with Crippen molar-refractivity contribution >= 4 is 33.2 Å². The third-order valence-electron chi connectivity index (χ3n) is 2.68.